The number of carbonyl (C=O) groups excluding carboxylic acids is 1. The fraction of sp³-hybridized carbons (Fsp3) is 0.533. The molecule has 1 aliphatic rings. The highest BCUT2D eigenvalue weighted by Gasteiger charge is 2.33. The van der Waals surface area contributed by atoms with Crippen molar-refractivity contribution >= 4 is 17.7 Å². The van der Waals surface area contributed by atoms with E-state index in [0.29, 0.717) is 5.02 Å². The van der Waals surface area contributed by atoms with E-state index in [4.69, 9.17) is 21.1 Å². The number of benzene rings is 1. The summed E-state index contributed by atoms with van der Waals surface area (Å²) in [6.45, 7) is 5.54. The van der Waals surface area contributed by atoms with Crippen molar-refractivity contribution in [2.75, 3.05) is 0 Å². The fourth-order valence-electron chi connectivity index (χ4n) is 1.96. The van der Waals surface area contributed by atoms with Crippen LogP contribution in [0.5, 0.6) is 5.75 Å². The monoisotopic (exact) mass is 297 g/mol. The minimum atomic E-state index is -0.465. The first-order chi connectivity index (χ1) is 9.32. The van der Waals surface area contributed by atoms with Crippen molar-refractivity contribution in [1.29, 1.82) is 0 Å². The maximum absolute atomic E-state index is 11.6. The normalized spacial score (nSPS) is 21.8. The van der Waals surface area contributed by atoms with E-state index in [9.17, 15) is 4.79 Å². The second kappa shape index (κ2) is 5.92. The van der Waals surface area contributed by atoms with E-state index in [2.05, 4.69) is 5.32 Å². The van der Waals surface area contributed by atoms with E-state index >= 15 is 0 Å². The molecule has 0 unspecified atom stereocenters. The zero-order valence-electron chi connectivity index (χ0n) is 12.0. The number of hydrogen-bond donors (Lipinski definition) is 1. The van der Waals surface area contributed by atoms with Gasteiger partial charge < -0.3 is 14.8 Å². The molecule has 1 aromatic carbocycles. The summed E-state index contributed by atoms with van der Waals surface area (Å²) in [5, 5.41) is 3.53. The SMILES string of the molecule is CC(C)(C)OC(=O)N[C@H]1C[C@@H](Oc2ccc(Cl)cc2)C1. The van der Waals surface area contributed by atoms with Gasteiger partial charge in [-0.2, -0.15) is 0 Å². The van der Waals surface area contributed by atoms with Crippen molar-refractivity contribution in [3.8, 4) is 5.75 Å². The molecular formula is C15H20ClNO3. The van der Waals surface area contributed by atoms with Crippen LogP contribution in [0.25, 0.3) is 0 Å². The molecule has 0 aliphatic heterocycles. The van der Waals surface area contributed by atoms with Crippen molar-refractivity contribution in [2.45, 2.75) is 51.4 Å². The summed E-state index contributed by atoms with van der Waals surface area (Å²) in [6, 6.07) is 7.41. The molecule has 110 valence electrons. The Morgan fingerprint density at radius 1 is 1.25 bits per heavy atom. The third-order valence-electron chi connectivity index (χ3n) is 2.93. The standard InChI is InChI=1S/C15H20ClNO3/c1-15(2,3)20-14(18)17-11-8-13(9-11)19-12-6-4-10(16)5-7-12/h4-7,11,13H,8-9H2,1-3H3,(H,17,18)/t11-,13+. The Labute approximate surface area is 124 Å². The molecule has 0 bridgehead atoms. The summed E-state index contributed by atoms with van der Waals surface area (Å²) in [4.78, 5) is 11.6. The molecule has 0 atom stereocenters. The molecule has 0 spiro atoms. The number of halogens is 1. The Morgan fingerprint density at radius 3 is 2.40 bits per heavy atom. The molecule has 2 rings (SSSR count). The molecule has 1 aromatic rings. The molecule has 20 heavy (non-hydrogen) atoms. The van der Waals surface area contributed by atoms with Gasteiger partial charge in [0.05, 0.1) is 0 Å². The average molecular weight is 298 g/mol. The van der Waals surface area contributed by atoms with Gasteiger partial charge in [0.1, 0.15) is 17.5 Å². The number of rotatable bonds is 3. The van der Waals surface area contributed by atoms with Crippen LogP contribution in [0.4, 0.5) is 4.79 Å². The maximum atomic E-state index is 11.6. The van der Waals surface area contributed by atoms with Gasteiger partial charge in [0.2, 0.25) is 0 Å². The topological polar surface area (TPSA) is 47.6 Å². The van der Waals surface area contributed by atoms with Gasteiger partial charge >= 0.3 is 6.09 Å². The molecule has 0 radical (unpaired) electrons. The first-order valence-electron chi connectivity index (χ1n) is 6.73. The lowest BCUT2D eigenvalue weighted by molar-refractivity contribution is 0.0363. The molecule has 1 amide bonds. The lowest BCUT2D eigenvalue weighted by atomic mass is 9.89. The molecule has 1 aliphatic carbocycles. The van der Waals surface area contributed by atoms with Gasteiger partial charge in [0.15, 0.2) is 0 Å². The third-order valence-corrected chi connectivity index (χ3v) is 3.18. The number of nitrogens with one attached hydrogen (secondary N) is 1. The summed E-state index contributed by atoms with van der Waals surface area (Å²) in [5.41, 5.74) is -0.465. The van der Waals surface area contributed by atoms with Gasteiger partial charge in [-0.1, -0.05) is 11.6 Å². The zero-order valence-corrected chi connectivity index (χ0v) is 12.7. The maximum Gasteiger partial charge on any atom is 0.407 e. The van der Waals surface area contributed by atoms with Crippen molar-refractivity contribution in [3.05, 3.63) is 29.3 Å². The van der Waals surface area contributed by atoms with Crippen molar-refractivity contribution < 1.29 is 14.3 Å². The van der Waals surface area contributed by atoms with Crippen LogP contribution in [0.15, 0.2) is 24.3 Å². The van der Waals surface area contributed by atoms with Gasteiger partial charge in [0.25, 0.3) is 0 Å². The Hall–Kier alpha value is -1.42. The quantitative estimate of drug-likeness (QED) is 0.923. The van der Waals surface area contributed by atoms with Crippen LogP contribution >= 0.6 is 11.6 Å². The highest BCUT2D eigenvalue weighted by molar-refractivity contribution is 6.30. The highest BCUT2D eigenvalue weighted by Crippen LogP contribution is 2.27. The lowest BCUT2D eigenvalue weighted by Gasteiger charge is -2.36. The van der Waals surface area contributed by atoms with Crippen molar-refractivity contribution in [1.82, 2.24) is 5.32 Å². The predicted octanol–water partition coefficient (Wildman–Crippen LogP) is 3.77. The molecule has 0 aromatic heterocycles. The van der Waals surface area contributed by atoms with E-state index in [1.165, 1.54) is 0 Å². The summed E-state index contributed by atoms with van der Waals surface area (Å²) >= 11 is 5.81. The van der Waals surface area contributed by atoms with Crippen LogP contribution in [-0.2, 0) is 4.74 Å². The fourth-order valence-corrected chi connectivity index (χ4v) is 2.09. The molecule has 1 saturated carbocycles. The summed E-state index contributed by atoms with van der Waals surface area (Å²) in [7, 11) is 0. The van der Waals surface area contributed by atoms with Gasteiger partial charge in [-0.3, -0.25) is 0 Å². The minimum Gasteiger partial charge on any atom is -0.490 e. The molecule has 1 fully saturated rings. The van der Waals surface area contributed by atoms with E-state index in [-0.39, 0.29) is 18.2 Å². The molecule has 0 heterocycles. The Morgan fingerprint density at radius 2 is 1.85 bits per heavy atom. The Kier molecular flexibility index (Phi) is 4.43. The molecule has 5 heteroatoms. The summed E-state index contributed by atoms with van der Waals surface area (Å²) in [5.74, 6) is 0.801. The Balaban J connectivity index is 1.70. The number of alkyl carbamates (subject to hydrolysis) is 1. The van der Waals surface area contributed by atoms with Crippen molar-refractivity contribution in [3.63, 3.8) is 0 Å². The number of carbonyl (C=O) groups is 1. The Bertz CT molecular complexity index is 461. The second-order valence-corrected chi connectivity index (χ2v) is 6.44. The van der Waals surface area contributed by atoms with Crippen LogP contribution in [0.3, 0.4) is 0 Å². The van der Waals surface area contributed by atoms with Crippen LogP contribution < -0.4 is 10.1 Å². The van der Waals surface area contributed by atoms with Gasteiger partial charge in [-0.25, -0.2) is 4.79 Å². The second-order valence-electron chi connectivity index (χ2n) is 6.01. The van der Waals surface area contributed by atoms with E-state index < -0.39 is 5.60 Å². The van der Waals surface area contributed by atoms with Gasteiger partial charge in [-0.15, -0.1) is 0 Å². The first-order valence-corrected chi connectivity index (χ1v) is 7.11. The number of hydrogen-bond acceptors (Lipinski definition) is 3. The zero-order chi connectivity index (χ0) is 14.8. The predicted molar refractivity (Wildman–Crippen MR) is 78.3 cm³/mol. The summed E-state index contributed by atoms with van der Waals surface area (Å²) < 4.78 is 11.0. The van der Waals surface area contributed by atoms with Crippen LogP contribution in [0.1, 0.15) is 33.6 Å². The summed E-state index contributed by atoms with van der Waals surface area (Å²) in [6.07, 6.45) is 1.35. The molecule has 1 N–H and O–H groups in total. The number of amides is 1. The molecular weight excluding hydrogens is 278 g/mol. The smallest absolute Gasteiger partial charge is 0.407 e. The molecule has 0 saturated heterocycles. The largest absolute Gasteiger partial charge is 0.490 e. The molecule has 4 nitrogen and oxygen atoms in total. The van der Waals surface area contributed by atoms with Crippen LogP contribution in [0.2, 0.25) is 5.02 Å². The minimum absolute atomic E-state index is 0.127. The van der Waals surface area contributed by atoms with Gasteiger partial charge in [0, 0.05) is 23.9 Å². The van der Waals surface area contributed by atoms with Gasteiger partial charge in [-0.05, 0) is 45.0 Å². The van der Waals surface area contributed by atoms with E-state index in [1.54, 1.807) is 12.1 Å². The number of ether oxygens (including phenoxy) is 2. The van der Waals surface area contributed by atoms with Crippen molar-refractivity contribution in [2.24, 2.45) is 0 Å². The van der Waals surface area contributed by atoms with Crippen LogP contribution in [-0.4, -0.2) is 23.8 Å². The van der Waals surface area contributed by atoms with Crippen LogP contribution in [0, 0.1) is 0 Å². The average Bonchev–Trinajstić information content (AvgIpc) is 2.26. The van der Waals surface area contributed by atoms with E-state index in [1.807, 2.05) is 32.9 Å². The third kappa shape index (κ3) is 4.60. The van der Waals surface area contributed by atoms with E-state index in [0.717, 1.165) is 18.6 Å². The lowest BCUT2D eigenvalue weighted by Crippen LogP contribution is -2.50. The highest BCUT2D eigenvalue weighted by atomic mass is 35.5. The first kappa shape index (κ1) is 15.0.